The van der Waals surface area contributed by atoms with Gasteiger partial charge in [0.1, 0.15) is 17.4 Å². The molecule has 0 bridgehead atoms. The zero-order valence-corrected chi connectivity index (χ0v) is 15.7. The highest BCUT2D eigenvalue weighted by Gasteiger charge is 2.09. The molecule has 0 saturated carbocycles. The van der Waals surface area contributed by atoms with E-state index in [1.807, 2.05) is 0 Å². The molecular weight excluding hydrogens is 390 g/mol. The largest absolute Gasteiger partial charge is 0.484 e. The van der Waals surface area contributed by atoms with Crippen LogP contribution in [0.2, 0.25) is 5.02 Å². The number of rotatable bonds is 9. The van der Waals surface area contributed by atoms with Crippen molar-refractivity contribution in [2.75, 3.05) is 13.2 Å². The van der Waals surface area contributed by atoms with Crippen molar-refractivity contribution in [2.24, 2.45) is 0 Å². The van der Waals surface area contributed by atoms with E-state index in [1.165, 1.54) is 24.3 Å². The number of benzene rings is 2. The van der Waals surface area contributed by atoms with Crippen LogP contribution in [0.3, 0.4) is 0 Å². The van der Waals surface area contributed by atoms with Gasteiger partial charge in [-0.2, -0.15) is 0 Å². The Morgan fingerprint density at radius 1 is 1.11 bits per heavy atom. The molecule has 0 atom stereocenters. The van der Waals surface area contributed by atoms with Crippen molar-refractivity contribution >= 4 is 23.4 Å². The van der Waals surface area contributed by atoms with Gasteiger partial charge in [0.05, 0.1) is 5.02 Å². The first-order chi connectivity index (χ1) is 13.3. The maximum atomic E-state index is 13.3. The van der Waals surface area contributed by atoms with Gasteiger partial charge in [-0.25, -0.2) is 8.78 Å². The molecule has 0 fully saturated rings. The minimum absolute atomic E-state index is 0.0361. The summed E-state index contributed by atoms with van der Waals surface area (Å²) >= 11 is 5.56. The average Bonchev–Trinajstić information content (AvgIpc) is 2.67. The molecule has 148 valence electrons. The highest BCUT2D eigenvalue weighted by atomic mass is 35.5. The van der Waals surface area contributed by atoms with Crippen LogP contribution in [0.15, 0.2) is 54.6 Å². The lowest BCUT2D eigenvalue weighted by Crippen LogP contribution is -2.31. The van der Waals surface area contributed by atoms with Crippen LogP contribution in [-0.4, -0.2) is 25.0 Å². The predicted octanol–water partition coefficient (Wildman–Crippen LogP) is 3.38. The third-order valence-electron chi connectivity index (χ3n) is 3.67. The van der Waals surface area contributed by atoms with Gasteiger partial charge >= 0.3 is 0 Å². The van der Waals surface area contributed by atoms with Crippen LogP contribution in [0.5, 0.6) is 5.75 Å². The lowest BCUT2D eigenvalue weighted by Gasteiger charge is -2.10. The molecule has 28 heavy (non-hydrogen) atoms. The Labute approximate surface area is 166 Å². The summed E-state index contributed by atoms with van der Waals surface area (Å²) in [5.41, 5.74) is 0.905. The van der Waals surface area contributed by atoms with E-state index in [2.05, 4.69) is 17.2 Å². The Hall–Kier alpha value is -2.93. The Morgan fingerprint density at radius 3 is 2.61 bits per heavy atom. The van der Waals surface area contributed by atoms with Gasteiger partial charge in [0, 0.05) is 24.7 Å². The third kappa shape index (κ3) is 7.00. The molecule has 2 aromatic carbocycles. The van der Waals surface area contributed by atoms with Gasteiger partial charge < -0.3 is 15.4 Å². The van der Waals surface area contributed by atoms with E-state index in [9.17, 15) is 18.4 Å². The normalized spacial score (nSPS) is 10.2. The molecule has 0 aromatic heterocycles. The maximum Gasteiger partial charge on any atom is 0.257 e. The smallest absolute Gasteiger partial charge is 0.257 e. The molecule has 0 aliphatic heterocycles. The fourth-order valence-electron chi connectivity index (χ4n) is 2.19. The second-order valence-electron chi connectivity index (χ2n) is 5.88. The fourth-order valence-corrected chi connectivity index (χ4v) is 2.30. The molecule has 8 heteroatoms. The lowest BCUT2D eigenvalue weighted by molar-refractivity contribution is -0.123. The summed E-state index contributed by atoms with van der Waals surface area (Å²) in [6.07, 6.45) is 0.232. The van der Waals surface area contributed by atoms with E-state index in [0.29, 0.717) is 5.56 Å². The van der Waals surface area contributed by atoms with Crippen LogP contribution < -0.4 is 15.4 Å². The summed E-state index contributed by atoms with van der Waals surface area (Å²) in [5, 5.41) is 5.17. The average molecular weight is 409 g/mol. The number of nitrogens with one attached hydrogen (secondary N) is 2. The van der Waals surface area contributed by atoms with Gasteiger partial charge in [0.2, 0.25) is 5.91 Å². The fraction of sp³-hybridized carbons (Fsp3) is 0.200. The van der Waals surface area contributed by atoms with E-state index in [1.54, 1.807) is 12.1 Å². The number of hydrogen-bond donors (Lipinski definition) is 2. The highest BCUT2D eigenvalue weighted by Crippen LogP contribution is 2.20. The van der Waals surface area contributed by atoms with E-state index >= 15 is 0 Å². The van der Waals surface area contributed by atoms with Gasteiger partial charge in [-0.15, -0.1) is 0 Å². The number of halogens is 3. The third-order valence-corrected chi connectivity index (χ3v) is 3.98. The monoisotopic (exact) mass is 408 g/mol. The van der Waals surface area contributed by atoms with Crippen molar-refractivity contribution in [1.82, 2.24) is 10.6 Å². The van der Waals surface area contributed by atoms with Crippen LogP contribution in [-0.2, 0) is 16.1 Å². The SMILES string of the molecule is C=C(CCNC(=O)COc1ccc(Cl)c(F)c1)C(=O)NCc1cccc(F)c1. The summed E-state index contributed by atoms with van der Waals surface area (Å²) in [6, 6.07) is 9.76. The molecule has 0 unspecified atom stereocenters. The first-order valence-corrected chi connectivity index (χ1v) is 8.78. The quantitative estimate of drug-likeness (QED) is 0.625. The Bertz CT molecular complexity index is 874. The van der Waals surface area contributed by atoms with Gasteiger partial charge in [0.25, 0.3) is 5.91 Å². The van der Waals surface area contributed by atoms with Crippen LogP contribution in [0.25, 0.3) is 0 Å². The molecule has 5 nitrogen and oxygen atoms in total. The molecule has 2 aromatic rings. The second kappa shape index (κ2) is 10.4. The van der Waals surface area contributed by atoms with Crippen LogP contribution in [0.4, 0.5) is 8.78 Å². The van der Waals surface area contributed by atoms with E-state index in [4.69, 9.17) is 16.3 Å². The molecule has 2 N–H and O–H groups in total. The maximum absolute atomic E-state index is 13.3. The zero-order chi connectivity index (χ0) is 20.5. The number of hydrogen-bond acceptors (Lipinski definition) is 3. The van der Waals surface area contributed by atoms with E-state index in [0.717, 1.165) is 6.07 Å². The van der Waals surface area contributed by atoms with Gasteiger partial charge in [-0.3, -0.25) is 9.59 Å². The first-order valence-electron chi connectivity index (χ1n) is 8.40. The molecule has 0 spiro atoms. The lowest BCUT2D eigenvalue weighted by atomic mass is 10.2. The van der Waals surface area contributed by atoms with Gasteiger partial charge in [-0.05, 0) is 36.2 Å². The Kier molecular flexibility index (Phi) is 7.95. The van der Waals surface area contributed by atoms with Crippen molar-refractivity contribution in [1.29, 1.82) is 0 Å². The summed E-state index contributed by atoms with van der Waals surface area (Å²) < 4.78 is 31.5. The van der Waals surface area contributed by atoms with Crippen molar-refractivity contribution in [2.45, 2.75) is 13.0 Å². The summed E-state index contributed by atoms with van der Waals surface area (Å²) in [4.78, 5) is 23.7. The van der Waals surface area contributed by atoms with Crippen molar-refractivity contribution in [3.05, 3.63) is 76.8 Å². The van der Waals surface area contributed by atoms with Crippen molar-refractivity contribution < 1.29 is 23.1 Å². The molecular formula is C20H19ClF2N2O3. The topological polar surface area (TPSA) is 67.4 Å². The molecule has 0 heterocycles. The van der Waals surface area contributed by atoms with E-state index < -0.39 is 11.7 Å². The van der Waals surface area contributed by atoms with Gasteiger partial charge in [-0.1, -0.05) is 30.3 Å². The zero-order valence-electron chi connectivity index (χ0n) is 14.9. The second-order valence-corrected chi connectivity index (χ2v) is 6.29. The molecule has 0 radical (unpaired) electrons. The van der Waals surface area contributed by atoms with Crippen molar-refractivity contribution in [3.63, 3.8) is 0 Å². The number of ether oxygens (including phenoxy) is 1. The van der Waals surface area contributed by atoms with Crippen molar-refractivity contribution in [3.8, 4) is 5.75 Å². The summed E-state index contributed by atoms with van der Waals surface area (Å²) in [7, 11) is 0. The van der Waals surface area contributed by atoms with Crippen LogP contribution in [0.1, 0.15) is 12.0 Å². The standard InChI is InChI=1S/C20H19ClF2N2O3/c1-13(20(27)25-11-14-3-2-4-15(22)9-14)7-8-24-19(26)12-28-16-5-6-17(21)18(23)10-16/h2-6,9-10H,1,7-8,11-12H2,(H,24,26)(H,25,27). The predicted molar refractivity (Wildman–Crippen MR) is 102 cm³/mol. The minimum Gasteiger partial charge on any atom is -0.484 e. The first kappa shape index (κ1) is 21.4. The number of carbonyl (C=O) groups excluding carboxylic acids is 2. The van der Waals surface area contributed by atoms with E-state index in [-0.39, 0.29) is 54.2 Å². The summed E-state index contributed by atoms with van der Waals surface area (Å²) in [6.45, 7) is 3.72. The summed E-state index contributed by atoms with van der Waals surface area (Å²) in [5.74, 6) is -1.65. The molecule has 0 aliphatic carbocycles. The molecule has 2 rings (SSSR count). The van der Waals surface area contributed by atoms with Gasteiger partial charge in [0.15, 0.2) is 6.61 Å². The van der Waals surface area contributed by atoms with Crippen LogP contribution in [0, 0.1) is 11.6 Å². The molecule has 0 saturated heterocycles. The Morgan fingerprint density at radius 2 is 1.89 bits per heavy atom. The molecule has 0 aliphatic rings. The molecule has 2 amide bonds. The Balaban J connectivity index is 1.65. The minimum atomic E-state index is -0.639. The number of amides is 2. The highest BCUT2D eigenvalue weighted by molar-refractivity contribution is 6.30. The van der Waals surface area contributed by atoms with Crippen LogP contribution >= 0.6 is 11.6 Å². The number of carbonyl (C=O) groups is 2.